The van der Waals surface area contributed by atoms with Gasteiger partial charge >= 0.3 is 0 Å². The highest BCUT2D eigenvalue weighted by Crippen LogP contribution is 2.30. The Kier molecular flexibility index (Phi) is 4.74. The molecule has 168 valence electrons. The molecule has 0 saturated heterocycles. The van der Waals surface area contributed by atoms with Crippen molar-refractivity contribution in [3.63, 3.8) is 0 Å². The van der Waals surface area contributed by atoms with Crippen molar-refractivity contribution in [1.82, 2.24) is 19.9 Å². The van der Waals surface area contributed by atoms with E-state index in [9.17, 15) is 0 Å². The summed E-state index contributed by atoms with van der Waals surface area (Å²) in [5.74, 6) is 0. The molecule has 0 N–H and O–H groups in total. The summed E-state index contributed by atoms with van der Waals surface area (Å²) in [4.78, 5) is 18.8. The molecule has 0 unspecified atom stereocenters. The molecule has 5 aromatic carbocycles. The molecular weight excluding hydrogens is 440 g/mol. The van der Waals surface area contributed by atoms with Crippen LogP contribution in [0.25, 0.3) is 65.2 Å². The summed E-state index contributed by atoms with van der Waals surface area (Å²) >= 11 is 0. The molecule has 4 bridgehead atoms. The number of hydrogen-bond acceptors (Lipinski definition) is 4. The van der Waals surface area contributed by atoms with Crippen molar-refractivity contribution in [2.24, 2.45) is 0 Å². The van der Waals surface area contributed by atoms with E-state index in [4.69, 9.17) is 19.9 Å². The Morgan fingerprint density at radius 1 is 0.278 bits per heavy atom. The molecule has 4 nitrogen and oxygen atoms in total. The van der Waals surface area contributed by atoms with E-state index in [-0.39, 0.29) is 0 Å². The predicted octanol–water partition coefficient (Wildman–Crippen LogP) is 7.87. The molecule has 7 aromatic rings. The number of nitrogens with zero attached hydrogens (tertiary/aromatic N) is 4. The Balaban J connectivity index is 1.89. The van der Waals surface area contributed by atoms with E-state index < -0.39 is 0 Å². The summed E-state index contributed by atoms with van der Waals surface area (Å²) in [6, 6.07) is 37.7. The first-order valence-corrected chi connectivity index (χ1v) is 11.9. The number of hydrogen-bond donors (Lipinski definition) is 0. The second-order valence-electron chi connectivity index (χ2n) is 8.76. The van der Waals surface area contributed by atoms with Crippen LogP contribution < -0.4 is 0 Å². The van der Waals surface area contributed by atoms with E-state index in [1.807, 2.05) is 0 Å². The van der Waals surface area contributed by atoms with Gasteiger partial charge in [-0.1, -0.05) is 97.1 Å². The van der Waals surface area contributed by atoms with Gasteiger partial charge in [0.2, 0.25) is 0 Å². The van der Waals surface area contributed by atoms with Crippen LogP contribution in [0.1, 0.15) is 0 Å². The highest BCUT2D eigenvalue weighted by atomic mass is 14.8. The van der Waals surface area contributed by atoms with Crippen molar-refractivity contribution >= 4 is 65.2 Å². The summed E-state index contributed by atoms with van der Waals surface area (Å²) in [5, 5.41) is 8.62. The van der Waals surface area contributed by atoms with E-state index in [0.29, 0.717) is 0 Å². The molecule has 0 aliphatic heterocycles. The van der Waals surface area contributed by atoms with Gasteiger partial charge in [0.25, 0.3) is 0 Å². The lowest BCUT2D eigenvalue weighted by molar-refractivity contribution is 1.26. The predicted molar refractivity (Wildman–Crippen MR) is 149 cm³/mol. The van der Waals surface area contributed by atoms with Gasteiger partial charge in [0.1, 0.15) is 12.7 Å². The van der Waals surface area contributed by atoms with Crippen molar-refractivity contribution in [2.45, 2.75) is 0 Å². The minimum atomic E-state index is 0.883. The fourth-order valence-corrected chi connectivity index (χ4v) is 5.07. The first-order chi connectivity index (χ1) is 17.9. The zero-order valence-corrected chi connectivity index (χ0v) is 19.3. The smallest absolute Gasteiger partial charge is 0.116 e. The molecule has 0 saturated carbocycles. The van der Waals surface area contributed by atoms with E-state index in [1.165, 1.54) is 0 Å². The van der Waals surface area contributed by atoms with E-state index in [1.54, 1.807) is 12.7 Å². The van der Waals surface area contributed by atoms with Crippen molar-refractivity contribution < 1.29 is 0 Å². The van der Waals surface area contributed by atoms with Crippen LogP contribution in [0.15, 0.2) is 122 Å². The van der Waals surface area contributed by atoms with Gasteiger partial charge in [0, 0.05) is 21.5 Å². The normalized spacial score (nSPS) is 11.3. The maximum Gasteiger partial charge on any atom is 0.116 e. The lowest BCUT2D eigenvalue weighted by Crippen LogP contribution is -1.85. The number of aromatic nitrogens is 4. The molecule has 0 spiro atoms. The minimum Gasteiger partial charge on any atom is -0.236 e. The fourth-order valence-electron chi connectivity index (χ4n) is 5.07. The second-order valence-corrected chi connectivity index (χ2v) is 8.76. The van der Waals surface area contributed by atoms with E-state index >= 15 is 0 Å². The van der Waals surface area contributed by atoms with Crippen LogP contribution in [-0.4, -0.2) is 19.9 Å². The molecule has 0 aliphatic carbocycles. The van der Waals surface area contributed by atoms with Crippen LogP contribution >= 0.6 is 0 Å². The number of rotatable bonds is 0. The highest BCUT2D eigenvalue weighted by molar-refractivity contribution is 6.16. The van der Waals surface area contributed by atoms with Crippen molar-refractivity contribution in [2.75, 3.05) is 0 Å². The number of fused-ring (bicyclic) bond motifs is 14. The van der Waals surface area contributed by atoms with Crippen LogP contribution in [0.5, 0.6) is 0 Å². The Morgan fingerprint density at radius 3 is 0.750 bits per heavy atom. The third-order valence-electron chi connectivity index (χ3n) is 6.73. The average Bonchev–Trinajstić information content (AvgIpc) is 2.97. The van der Waals surface area contributed by atoms with Gasteiger partial charge in [-0.3, -0.25) is 0 Å². The number of benzene rings is 4. The lowest BCUT2D eigenvalue weighted by atomic mass is 10.0. The highest BCUT2D eigenvalue weighted by Gasteiger charge is 2.06. The van der Waals surface area contributed by atoms with Crippen LogP contribution in [0, 0.1) is 0 Å². The molecule has 0 atom stereocenters. The maximum atomic E-state index is 4.70. The minimum absolute atomic E-state index is 0.883. The summed E-state index contributed by atoms with van der Waals surface area (Å²) in [6.07, 6.45) is 3.32. The maximum absolute atomic E-state index is 4.70. The average molecular weight is 461 g/mol. The molecule has 0 radical (unpaired) electrons. The third kappa shape index (κ3) is 3.31. The van der Waals surface area contributed by atoms with Gasteiger partial charge in [-0.05, 0) is 33.7 Å². The molecule has 4 heteroatoms. The SMILES string of the molecule is c1ccc2c(c1)c1cc(ncn1)c1ccccc1c1ccccc1c1cc(ncn1)c1ccccc12. The van der Waals surface area contributed by atoms with Gasteiger partial charge in [-0.2, -0.15) is 0 Å². The van der Waals surface area contributed by atoms with Gasteiger partial charge < -0.3 is 0 Å². The molecule has 0 aliphatic rings. The molecule has 7 rings (SSSR count). The fraction of sp³-hybridized carbons (Fsp3) is 0. The van der Waals surface area contributed by atoms with E-state index in [2.05, 4.69) is 109 Å². The van der Waals surface area contributed by atoms with Crippen molar-refractivity contribution in [3.8, 4) is 0 Å². The monoisotopic (exact) mass is 460 g/mol. The Morgan fingerprint density at radius 2 is 0.500 bits per heavy atom. The Hall–Kier alpha value is -4.96. The Labute approximate surface area is 206 Å². The molecule has 2 heterocycles. The van der Waals surface area contributed by atoms with Gasteiger partial charge in [-0.25, -0.2) is 19.9 Å². The summed E-state index contributed by atoms with van der Waals surface area (Å²) in [5.41, 5.74) is 3.53. The molecule has 0 fully saturated rings. The quantitative estimate of drug-likeness (QED) is 0.231. The zero-order valence-electron chi connectivity index (χ0n) is 19.3. The molecule has 2 aromatic heterocycles. The molecule has 0 amide bonds. The van der Waals surface area contributed by atoms with Gasteiger partial charge in [-0.15, -0.1) is 0 Å². The van der Waals surface area contributed by atoms with Crippen LogP contribution in [0.2, 0.25) is 0 Å². The first-order valence-electron chi connectivity index (χ1n) is 11.9. The second kappa shape index (κ2) is 8.36. The first kappa shape index (κ1) is 20.4. The van der Waals surface area contributed by atoms with Gasteiger partial charge in [0.15, 0.2) is 0 Å². The van der Waals surface area contributed by atoms with E-state index in [0.717, 1.165) is 65.2 Å². The van der Waals surface area contributed by atoms with Crippen LogP contribution in [0.4, 0.5) is 0 Å². The standard InChI is InChI=1S/C32H20N4/c1-5-13-25-21(9-1)22-10-2-6-14-26(22)30-18-32(36-20-34-30)28-16-8-4-12-24(28)23-11-3-7-15-27(23)31-17-29(25)33-19-35-31/h1-20H. The molecule has 36 heavy (non-hydrogen) atoms. The summed E-state index contributed by atoms with van der Waals surface area (Å²) < 4.78 is 0. The topological polar surface area (TPSA) is 51.6 Å². The zero-order chi connectivity index (χ0) is 23.9. The van der Waals surface area contributed by atoms with Gasteiger partial charge in [0.05, 0.1) is 22.1 Å². The van der Waals surface area contributed by atoms with Crippen LogP contribution in [0.3, 0.4) is 0 Å². The summed E-state index contributed by atoms with van der Waals surface area (Å²) in [7, 11) is 0. The lowest BCUT2D eigenvalue weighted by Gasteiger charge is -2.05. The Bertz CT molecular complexity index is 1770. The third-order valence-corrected chi connectivity index (χ3v) is 6.73. The van der Waals surface area contributed by atoms with Crippen molar-refractivity contribution in [1.29, 1.82) is 0 Å². The summed E-state index contributed by atoms with van der Waals surface area (Å²) in [6.45, 7) is 0. The molecular formula is C32H20N4. The van der Waals surface area contributed by atoms with Crippen LogP contribution in [-0.2, 0) is 0 Å². The van der Waals surface area contributed by atoms with Crippen molar-refractivity contribution in [3.05, 3.63) is 122 Å². The largest absolute Gasteiger partial charge is 0.236 e.